The molecule has 1 fully saturated rings. The Labute approximate surface area is 251 Å². The van der Waals surface area contributed by atoms with Crippen LogP contribution in [-0.2, 0) is 30.6 Å². The third-order valence-corrected chi connectivity index (χ3v) is 9.20. The molecule has 1 amide bonds. The molecular weight excluding hydrogens is 602 g/mol. The Kier molecular flexibility index (Phi) is 7.74. The van der Waals surface area contributed by atoms with Crippen LogP contribution in [0.15, 0.2) is 52.3 Å². The first-order chi connectivity index (χ1) is 20.3. The fraction of sp³-hybridized carbons (Fsp3) is 0.296. The highest BCUT2D eigenvalue weighted by Crippen LogP contribution is 2.45. The summed E-state index contributed by atoms with van der Waals surface area (Å²) in [5.74, 6) is -5.59. The van der Waals surface area contributed by atoms with Crippen molar-refractivity contribution >= 4 is 68.3 Å². The number of Topliss-reactive ketones (excluding diaryl/α,β-unsaturated/α-hetero) is 1. The summed E-state index contributed by atoms with van der Waals surface area (Å²) in [6.07, 6.45) is 3.36. The van der Waals surface area contributed by atoms with Gasteiger partial charge in [-0.15, -0.1) is 11.3 Å². The van der Waals surface area contributed by atoms with Crippen LogP contribution in [0.2, 0.25) is 0 Å². The van der Waals surface area contributed by atoms with Crippen LogP contribution in [0.5, 0.6) is 11.5 Å². The summed E-state index contributed by atoms with van der Waals surface area (Å²) in [6, 6.07) is 3.43. The molecule has 2 aliphatic rings. The average molecular weight is 628 g/mol. The minimum absolute atomic E-state index is 0.00866. The lowest BCUT2D eigenvalue weighted by atomic mass is 9.71. The van der Waals surface area contributed by atoms with Crippen molar-refractivity contribution in [3.63, 3.8) is 0 Å². The molecule has 1 unspecified atom stereocenters. The van der Waals surface area contributed by atoms with E-state index in [1.807, 2.05) is 0 Å². The Hall–Kier alpha value is -4.70. The molecule has 1 aliphatic carbocycles. The van der Waals surface area contributed by atoms with Gasteiger partial charge in [-0.05, 0) is 36.9 Å². The number of nitrogens with zero attached hydrogens (tertiary/aromatic N) is 3. The number of fused-ring (bicyclic) bond motifs is 2. The molecule has 6 N–H and O–H groups in total. The lowest BCUT2D eigenvalue weighted by Crippen LogP contribution is -2.66. The Balaban J connectivity index is 1.37. The molecule has 0 spiro atoms. The molecule has 1 aliphatic heterocycles. The second kappa shape index (κ2) is 11.2. The van der Waals surface area contributed by atoms with Gasteiger partial charge < -0.3 is 41.1 Å². The Bertz CT molecular complexity index is 1750. The van der Waals surface area contributed by atoms with Crippen molar-refractivity contribution in [3.05, 3.63) is 52.8 Å². The number of thioether (sulfide) groups is 1. The van der Waals surface area contributed by atoms with Gasteiger partial charge in [-0.2, -0.15) is 11.8 Å². The third kappa shape index (κ3) is 5.70. The fourth-order valence-electron chi connectivity index (χ4n) is 4.73. The number of phenolic OH excluding ortho intramolecular Hbond substituents is 2. The van der Waals surface area contributed by atoms with E-state index < -0.39 is 52.2 Å². The molecule has 0 radical (unpaired) electrons. The highest BCUT2D eigenvalue weighted by molar-refractivity contribution is 8.00. The van der Waals surface area contributed by atoms with Crippen molar-refractivity contribution in [1.29, 1.82) is 0 Å². The number of aromatic hydroxyl groups is 2. The first-order valence-electron chi connectivity index (χ1n) is 12.7. The molecule has 43 heavy (non-hydrogen) atoms. The van der Waals surface area contributed by atoms with E-state index in [9.17, 15) is 39.6 Å². The Morgan fingerprint density at radius 3 is 2.58 bits per heavy atom. The van der Waals surface area contributed by atoms with E-state index in [-0.39, 0.29) is 40.2 Å². The van der Waals surface area contributed by atoms with E-state index in [4.69, 9.17) is 10.6 Å². The number of thiazole rings is 1. The van der Waals surface area contributed by atoms with E-state index in [0.717, 1.165) is 11.3 Å². The maximum Gasteiger partial charge on any atom is 0.350 e. The summed E-state index contributed by atoms with van der Waals surface area (Å²) in [5.41, 5.74) is 3.83. The van der Waals surface area contributed by atoms with Gasteiger partial charge in [0.25, 0.3) is 5.91 Å². The molecule has 1 aromatic carbocycles. The number of carbonyl (C=O) groups is 4. The van der Waals surface area contributed by atoms with Gasteiger partial charge in [-0.25, -0.2) is 14.3 Å². The van der Waals surface area contributed by atoms with Crippen LogP contribution in [0, 0.1) is 5.92 Å². The number of hydrogen-bond acceptors (Lipinski definition) is 13. The number of carbonyl (C=O) groups excluding carboxylic acids is 3. The molecule has 224 valence electrons. The van der Waals surface area contributed by atoms with E-state index >= 15 is 0 Å². The van der Waals surface area contributed by atoms with Gasteiger partial charge in [0.2, 0.25) is 5.60 Å². The number of nitrogens with one attached hydrogen (secondary N) is 1. The van der Waals surface area contributed by atoms with E-state index in [0.29, 0.717) is 16.3 Å². The molecule has 16 heteroatoms. The minimum atomic E-state index is -1.78. The standard InChI is InChI=1S/C27H25N5O9S2/c1-27(2,25(39)40)41-31-19(14-10-43-26(28)29-14)23(36)30-20-21(35)18-17(24(37)38)13(9-42-22(18)20)8-32-4-3-11-5-15(33)16(34)6-12(11)7-32/h3-7,10,18,20,22H,8-9H2,1-2H3,(H6,28,29,30,34,36,37,38,39,40)/b31-19-/t18?,20-,22+/m1/s1. The number of carboxylic acid groups (broad SMARTS) is 2. The maximum atomic E-state index is 13.3. The number of rotatable bonds is 9. The molecule has 0 saturated heterocycles. The zero-order valence-electron chi connectivity index (χ0n) is 22.6. The SMILES string of the molecule is CC(C)(O/N=C(\C(=O)N[C@@H]1C(=O)C2C(C(=O)[O-])=C(C[n+]3ccc4cc(O)c(O)cc4c3)CS[C@@H]21)c1csc(N)n1)C(=O)O. The number of aliphatic carboxylic acids is 2. The van der Waals surface area contributed by atoms with Gasteiger partial charge in [-0.3, -0.25) is 9.59 Å². The number of nitrogens with two attached hydrogens (primary N) is 1. The van der Waals surface area contributed by atoms with Crippen LogP contribution in [0.3, 0.4) is 0 Å². The summed E-state index contributed by atoms with van der Waals surface area (Å²) >= 11 is 2.32. The number of phenols is 2. The van der Waals surface area contributed by atoms with Gasteiger partial charge in [0.15, 0.2) is 47.1 Å². The van der Waals surface area contributed by atoms with Gasteiger partial charge in [0.05, 0.1) is 11.9 Å². The smallest absolute Gasteiger partial charge is 0.350 e. The van der Waals surface area contributed by atoms with Gasteiger partial charge in [0, 0.05) is 33.4 Å². The maximum absolute atomic E-state index is 13.3. The van der Waals surface area contributed by atoms with Crippen LogP contribution in [-0.4, -0.2) is 72.3 Å². The lowest BCUT2D eigenvalue weighted by Gasteiger charge is -2.47. The molecule has 5 rings (SSSR count). The number of hydrogen-bond donors (Lipinski definition) is 5. The second-order valence-corrected chi connectivity index (χ2v) is 12.5. The molecule has 14 nitrogen and oxygen atoms in total. The third-order valence-electron chi connectivity index (χ3n) is 7.08. The van der Waals surface area contributed by atoms with E-state index in [1.165, 1.54) is 43.1 Å². The van der Waals surface area contributed by atoms with E-state index in [2.05, 4.69) is 15.5 Å². The lowest BCUT2D eigenvalue weighted by molar-refractivity contribution is -0.687. The molecule has 2 aromatic heterocycles. The van der Waals surface area contributed by atoms with E-state index in [1.54, 1.807) is 23.0 Å². The van der Waals surface area contributed by atoms with Gasteiger partial charge >= 0.3 is 5.97 Å². The number of anilines is 1. The average Bonchev–Trinajstić information content (AvgIpc) is 3.37. The number of carboxylic acids is 2. The highest BCUT2D eigenvalue weighted by Gasteiger charge is 2.55. The van der Waals surface area contributed by atoms with Crippen molar-refractivity contribution in [3.8, 4) is 11.5 Å². The number of pyridine rings is 1. The topological polar surface area (TPSA) is 228 Å². The minimum Gasteiger partial charge on any atom is -0.545 e. The number of aromatic nitrogens is 2. The summed E-state index contributed by atoms with van der Waals surface area (Å²) < 4.78 is 1.70. The van der Waals surface area contributed by atoms with Gasteiger partial charge in [-0.1, -0.05) is 5.16 Å². The van der Waals surface area contributed by atoms with Crippen molar-refractivity contribution in [2.75, 3.05) is 11.5 Å². The molecule has 3 aromatic rings. The molecule has 1 saturated carbocycles. The molecular formula is C27H25N5O9S2. The summed E-state index contributed by atoms with van der Waals surface area (Å²) in [6.45, 7) is 2.60. The fourth-order valence-corrected chi connectivity index (χ4v) is 6.78. The number of benzene rings is 1. The van der Waals surface area contributed by atoms with Gasteiger partial charge in [0.1, 0.15) is 11.7 Å². The quantitative estimate of drug-likeness (QED) is 0.0892. The predicted octanol–water partition coefficient (Wildman–Crippen LogP) is -0.293. The first-order valence-corrected chi connectivity index (χ1v) is 14.6. The predicted molar refractivity (Wildman–Crippen MR) is 152 cm³/mol. The van der Waals surface area contributed by atoms with Crippen LogP contribution in [0.25, 0.3) is 10.8 Å². The summed E-state index contributed by atoms with van der Waals surface area (Å²) in [7, 11) is 0. The van der Waals surface area contributed by atoms with Crippen molar-refractivity contribution < 1.29 is 49.0 Å². The van der Waals surface area contributed by atoms with Crippen molar-refractivity contribution in [2.24, 2.45) is 11.1 Å². The largest absolute Gasteiger partial charge is 0.545 e. The highest BCUT2D eigenvalue weighted by atomic mass is 32.2. The van der Waals surface area contributed by atoms with Crippen LogP contribution >= 0.6 is 23.1 Å². The molecule has 3 heterocycles. The second-order valence-electron chi connectivity index (χ2n) is 10.4. The number of oxime groups is 1. The normalized spacial score (nSPS) is 20.4. The number of ketones is 1. The number of nitrogen functional groups attached to an aromatic ring is 1. The van der Waals surface area contributed by atoms with Crippen LogP contribution in [0.4, 0.5) is 5.13 Å². The Morgan fingerprint density at radius 1 is 1.26 bits per heavy atom. The zero-order chi connectivity index (χ0) is 31.2. The Morgan fingerprint density at radius 2 is 1.95 bits per heavy atom. The zero-order valence-corrected chi connectivity index (χ0v) is 24.3. The monoisotopic (exact) mass is 627 g/mol. The van der Waals surface area contributed by atoms with Crippen LogP contribution in [0.1, 0.15) is 19.5 Å². The van der Waals surface area contributed by atoms with Crippen molar-refractivity contribution in [1.82, 2.24) is 10.3 Å². The van der Waals surface area contributed by atoms with Crippen molar-refractivity contribution in [2.45, 2.75) is 37.3 Å². The van der Waals surface area contributed by atoms with Crippen LogP contribution < -0.4 is 20.7 Å². The summed E-state index contributed by atoms with van der Waals surface area (Å²) in [5, 5.41) is 49.6. The molecule has 3 atom stereocenters. The summed E-state index contributed by atoms with van der Waals surface area (Å²) in [4.78, 5) is 59.3. The first kappa shape index (κ1) is 29.8. The number of amides is 1. The molecule has 0 bridgehead atoms.